The van der Waals surface area contributed by atoms with E-state index in [9.17, 15) is 0 Å². The SMILES string of the molecule is Cc1cccc(C)c1-c1ccc2c(c1)c1ccccc1n2-c1cc(-c2cc(-c3ccccc3)nc(-c3ccccc3)n2)cc(-n2c3ccccc3c3cc(-c4c(C)cccc4C)ccc32)c1. The predicted octanol–water partition coefficient (Wildman–Crippen LogP) is 16.2. The smallest absolute Gasteiger partial charge is 0.160 e. The standard InChI is InChI=1S/C62H46N4/c1-39-17-15-18-40(2)60(39)45-29-31-58-52(35-45)50-25-11-13-27-56(50)65(58)48-33-47(55-38-54(43-21-7-5-8-22-43)63-62(64-55)44-23-9-6-10-24-44)34-49(37-48)66-57-28-14-12-26-51(57)53-36-46(30-32-59(53)66)61-41(3)19-16-20-42(61)4/h5-38H,1-4H3. The summed E-state index contributed by atoms with van der Waals surface area (Å²) in [6.07, 6.45) is 0. The summed E-state index contributed by atoms with van der Waals surface area (Å²) in [5.74, 6) is 0.686. The van der Waals surface area contributed by atoms with Gasteiger partial charge in [-0.2, -0.15) is 0 Å². The molecular weight excluding hydrogens is 801 g/mol. The van der Waals surface area contributed by atoms with Gasteiger partial charge in [0.15, 0.2) is 5.82 Å². The van der Waals surface area contributed by atoms with Crippen LogP contribution >= 0.6 is 0 Å². The quantitative estimate of drug-likeness (QED) is 0.160. The Morgan fingerprint density at radius 2 is 0.697 bits per heavy atom. The summed E-state index contributed by atoms with van der Waals surface area (Å²) >= 11 is 0. The maximum Gasteiger partial charge on any atom is 0.160 e. The number of hydrogen-bond donors (Lipinski definition) is 0. The Morgan fingerprint density at radius 1 is 0.288 bits per heavy atom. The van der Waals surface area contributed by atoms with Crippen LogP contribution in [0, 0.1) is 27.7 Å². The monoisotopic (exact) mass is 846 g/mol. The van der Waals surface area contributed by atoms with Crippen LogP contribution < -0.4 is 0 Å². The molecule has 0 aliphatic rings. The number of para-hydroxylation sites is 2. The Labute approximate surface area is 384 Å². The normalized spacial score (nSPS) is 11.6. The van der Waals surface area contributed by atoms with E-state index in [0.717, 1.165) is 61.5 Å². The third-order valence-electron chi connectivity index (χ3n) is 13.4. The van der Waals surface area contributed by atoms with E-state index in [4.69, 9.17) is 9.97 Å². The van der Waals surface area contributed by atoms with Crippen molar-refractivity contribution in [1.29, 1.82) is 0 Å². The molecule has 66 heavy (non-hydrogen) atoms. The average molecular weight is 847 g/mol. The number of aryl methyl sites for hydroxylation is 4. The minimum atomic E-state index is 0.686. The number of fused-ring (bicyclic) bond motifs is 6. The van der Waals surface area contributed by atoms with Crippen molar-refractivity contribution in [2.45, 2.75) is 27.7 Å². The molecule has 4 heteroatoms. The van der Waals surface area contributed by atoms with Gasteiger partial charge in [-0.05, 0) is 133 Å². The van der Waals surface area contributed by atoms with Crippen molar-refractivity contribution in [2.24, 2.45) is 0 Å². The third kappa shape index (κ3) is 6.52. The fourth-order valence-electron chi connectivity index (χ4n) is 10.4. The molecule has 314 valence electrons. The summed E-state index contributed by atoms with van der Waals surface area (Å²) < 4.78 is 4.88. The minimum absolute atomic E-state index is 0.686. The van der Waals surface area contributed by atoms with E-state index in [2.05, 4.69) is 231 Å². The highest BCUT2D eigenvalue weighted by molar-refractivity contribution is 6.12. The van der Waals surface area contributed by atoms with Crippen LogP contribution in [0.15, 0.2) is 206 Å². The Kier molecular flexibility index (Phi) is 9.35. The van der Waals surface area contributed by atoms with Crippen molar-refractivity contribution < 1.29 is 0 Å². The molecule has 0 unspecified atom stereocenters. The van der Waals surface area contributed by atoms with E-state index >= 15 is 0 Å². The first-order valence-electron chi connectivity index (χ1n) is 22.7. The van der Waals surface area contributed by atoms with Gasteiger partial charge in [-0.1, -0.05) is 146 Å². The molecule has 0 saturated heterocycles. The zero-order valence-corrected chi connectivity index (χ0v) is 37.4. The lowest BCUT2D eigenvalue weighted by molar-refractivity contribution is 1.13. The van der Waals surface area contributed by atoms with Gasteiger partial charge >= 0.3 is 0 Å². The minimum Gasteiger partial charge on any atom is -0.309 e. The number of rotatable bonds is 7. The fourth-order valence-corrected chi connectivity index (χ4v) is 10.4. The number of benzene rings is 9. The zero-order valence-electron chi connectivity index (χ0n) is 37.4. The molecule has 4 nitrogen and oxygen atoms in total. The molecule has 0 bridgehead atoms. The summed E-state index contributed by atoms with van der Waals surface area (Å²) in [6, 6.07) is 74.6. The van der Waals surface area contributed by atoms with Gasteiger partial charge in [0.1, 0.15) is 0 Å². The van der Waals surface area contributed by atoms with Crippen LogP contribution in [0.5, 0.6) is 0 Å². The van der Waals surface area contributed by atoms with Crippen molar-refractivity contribution in [3.63, 3.8) is 0 Å². The van der Waals surface area contributed by atoms with E-state index in [1.54, 1.807) is 0 Å². The summed E-state index contributed by atoms with van der Waals surface area (Å²) in [7, 11) is 0. The maximum atomic E-state index is 5.39. The molecule has 3 aromatic heterocycles. The Hall–Kier alpha value is -8.34. The first-order valence-corrected chi connectivity index (χ1v) is 22.7. The molecule has 0 spiro atoms. The largest absolute Gasteiger partial charge is 0.309 e. The molecule has 0 aliphatic heterocycles. The van der Waals surface area contributed by atoms with Crippen LogP contribution in [0.4, 0.5) is 0 Å². The molecule has 0 amide bonds. The van der Waals surface area contributed by atoms with E-state index in [1.165, 1.54) is 66.1 Å². The van der Waals surface area contributed by atoms with Gasteiger partial charge in [-0.3, -0.25) is 0 Å². The second kappa shape index (κ2) is 15.7. The number of hydrogen-bond acceptors (Lipinski definition) is 2. The lowest BCUT2D eigenvalue weighted by Gasteiger charge is -2.17. The molecule has 0 fully saturated rings. The van der Waals surface area contributed by atoms with Crippen LogP contribution in [-0.2, 0) is 0 Å². The third-order valence-corrected chi connectivity index (χ3v) is 13.4. The first kappa shape index (κ1) is 39.3. The van der Waals surface area contributed by atoms with Crippen molar-refractivity contribution in [2.75, 3.05) is 0 Å². The lowest BCUT2D eigenvalue weighted by Crippen LogP contribution is -2.02. The molecule has 0 N–H and O–H groups in total. The molecule has 3 heterocycles. The van der Waals surface area contributed by atoms with Gasteiger partial charge in [0.05, 0.1) is 33.5 Å². The van der Waals surface area contributed by atoms with Crippen molar-refractivity contribution >= 4 is 43.6 Å². The van der Waals surface area contributed by atoms with Gasteiger partial charge in [0.25, 0.3) is 0 Å². The molecule has 9 aromatic carbocycles. The molecule has 0 aliphatic carbocycles. The Bertz CT molecular complexity index is 3570. The van der Waals surface area contributed by atoms with E-state index in [1.807, 2.05) is 12.1 Å². The Balaban J connectivity index is 1.16. The highest BCUT2D eigenvalue weighted by Crippen LogP contribution is 2.41. The summed E-state index contributed by atoms with van der Waals surface area (Å²) in [5.41, 5.74) is 21.5. The summed E-state index contributed by atoms with van der Waals surface area (Å²) in [5, 5.41) is 4.85. The van der Waals surface area contributed by atoms with Gasteiger partial charge in [-0.25, -0.2) is 9.97 Å². The fraction of sp³-hybridized carbons (Fsp3) is 0.0645. The highest BCUT2D eigenvalue weighted by Gasteiger charge is 2.21. The number of aromatic nitrogens is 4. The average Bonchev–Trinajstić information content (AvgIpc) is 3.86. The van der Waals surface area contributed by atoms with E-state index in [0.29, 0.717) is 5.82 Å². The summed E-state index contributed by atoms with van der Waals surface area (Å²) in [4.78, 5) is 10.6. The predicted molar refractivity (Wildman–Crippen MR) is 277 cm³/mol. The van der Waals surface area contributed by atoms with Gasteiger partial charge in [-0.15, -0.1) is 0 Å². The van der Waals surface area contributed by atoms with Crippen LogP contribution in [0.25, 0.3) is 111 Å². The highest BCUT2D eigenvalue weighted by atomic mass is 15.0. The van der Waals surface area contributed by atoms with Gasteiger partial charge in [0, 0.05) is 49.6 Å². The maximum absolute atomic E-state index is 5.39. The lowest BCUT2D eigenvalue weighted by atomic mass is 9.94. The van der Waals surface area contributed by atoms with Crippen molar-refractivity contribution in [1.82, 2.24) is 19.1 Å². The molecular formula is C62H46N4. The topological polar surface area (TPSA) is 35.6 Å². The second-order valence-electron chi connectivity index (χ2n) is 17.6. The first-order chi connectivity index (χ1) is 32.4. The summed E-state index contributed by atoms with van der Waals surface area (Å²) in [6.45, 7) is 8.84. The molecule has 0 saturated carbocycles. The van der Waals surface area contributed by atoms with E-state index < -0.39 is 0 Å². The molecule has 0 atom stereocenters. The van der Waals surface area contributed by atoms with Crippen LogP contribution in [0.2, 0.25) is 0 Å². The van der Waals surface area contributed by atoms with Crippen LogP contribution in [0.3, 0.4) is 0 Å². The van der Waals surface area contributed by atoms with Crippen LogP contribution in [-0.4, -0.2) is 19.1 Å². The van der Waals surface area contributed by atoms with Gasteiger partial charge < -0.3 is 9.13 Å². The Morgan fingerprint density at radius 3 is 1.18 bits per heavy atom. The van der Waals surface area contributed by atoms with E-state index in [-0.39, 0.29) is 0 Å². The van der Waals surface area contributed by atoms with Crippen LogP contribution in [0.1, 0.15) is 22.3 Å². The molecule has 12 rings (SSSR count). The number of nitrogens with zero attached hydrogens (tertiary/aromatic N) is 4. The molecule has 0 radical (unpaired) electrons. The zero-order chi connectivity index (χ0) is 44.5. The van der Waals surface area contributed by atoms with Crippen molar-refractivity contribution in [3.8, 4) is 67.5 Å². The van der Waals surface area contributed by atoms with Crippen molar-refractivity contribution in [3.05, 3.63) is 229 Å². The van der Waals surface area contributed by atoms with Gasteiger partial charge in [0.2, 0.25) is 0 Å². The molecule has 12 aromatic rings. The second-order valence-corrected chi connectivity index (χ2v) is 17.6.